The van der Waals surface area contributed by atoms with Crippen LogP contribution in [0.2, 0.25) is 0 Å². The van der Waals surface area contributed by atoms with Crippen molar-refractivity contribution in [3.8, 4) is 0 Å². The number of benzene rings is 1. The minimum atomic E-state index is 1.14. The Morgan fingerprint density at radius 3 is 2.53 bits per heavy atom. The molecule has 1 aliphatic heterocycles. The van der Waals surface area contributed by atoms with Crippen molar-refractivity contribution in [3.05, 3.63) is 24.3 Å². The first-order valence-electron chi connectivity index (χ1n) is 7.52. The lowest BCUT2D eigenvalue weighted by Gasteiger charge is -2.37. The number of hydrogen-bond acceptors (Lipinski definition) is 3. The van der Waals surface area contributed by atoms with Crippen LogP contribution in [0.4, 0.5) is 11.4 Å². The van der Waals surface area contributed by atoms with Gasteiger partial charge in [-0.05, 0) is 38.6 Å². The number of nitrogens with zero attached hydrogens (tertiary/aromatic N) is 2. The molecular formula is C16H27N3. The lowest BCUT2D eigenvalue weighted by atomic mass is 10.1. The lowest BCUT2D eigenvalue weighted by Crippen LogP contribution is -2.39. The second kappa shape index (κ2) is 7.39. The van der Waals surface area contributed by atoms with E-state index in [2.05, 4.69) is 46.4 Å². The summed E-state index contributed by atoms with van der Waals surface area (Å²) in [4.78, 5) is 4.91. The maximum absolute atomic E-state index is 3.21. The Morgan fingerprint density at radius 2 is 1.74 bits per heavy atom. The predicted molar refractivity (Wildman–Crippen MR) is 84.3 cm³/mol. The zero-order valence-electron chi connectivity index (χ0n) is 12.4. The molecule has 2 rings (SSSR count). The van der Waals surface area contributed by atoms with Gasteiger partial charge in [0.1, 0.15) is 0 Å². The fourth-order valence-electron chi connectivity index (χ4n) is 2.76. The number of rotatable bonds is 7. The van der Waals surface area contributed by atoms with Crippen molar-refractivity contribution in [1.29, 1.82) is 0 Å². The van der Waals surface area contributed by atoms with E-state index in [9.17, 15) is 0 Å². The Balaban J connectivity index is 1.80. The molecule has 0 bridgehead atoms. The average molecular weight is 261 g/mol. The molecule has 0 radical (unpaired) electrons. The van der Waals surface area contributed by atoms with E-state index in [0.717, 1.165) is 19.6 Å². The van der Waals surface area contributed by atoms with E-state index in [4.69, 9.17) is 0 Å². The fourth-order valence-corrected chi connectivity index (χ4v) is 2.76. The molecule has 1 N–H and O–H groups in total. The standard InChI is InChI=1S/C16H27N3/c1-17-11-7-3-4-8-12-19-14-13-18(2)15-9-5-6-10-16(15)19/h5-6,9-10,17H,3-4,7-8,11-14H2,1-2H3. The van der Waals surface area contributed by atoms with Crippen LogP contribution in [0.25, 0.3) is 0 Å². The van der Waals surface area contributed by atoms with Crippen molar-refractivity contribution in [3.63, 3.8) is 0 Å². The summed E-state index contributed by atoms with van der Waals surface area (Å²) in [6.07, 6.45) is 5.30. The highest BCUT2D eigenvalue weighted by atomic mass is 15.2. The van der Waals surface area contributed by atoms with E-state index in [1.165, 1.54) is 43.6 Å². The van der Waals surface area contributed by atoms with Gasteiger partial charge in [0.15, 0.2) is 0 Å². The Hall–Kier alpha value is -1.22. The highest BCUT2D eigenvalue weighted by Crippen LogP contribution is 2.31. The molecule has 106 valence electrons. The van der Waals surface area contributed by atoms with Gasteiger partial charge in [0.25, 0.3) is 0 Å². The van der Waals surface area contributed by atoms with Crippen molar-refractivity contribution in [2.75, 3.05) is 50.1 Å². The molecule has 0 amide bonds. The molecule has 0 aromatic heterocycles. The van der Waals surface area contributed by atoms with Gasteiger partial charge in [-0.3, -0.25) is 0 Å². The molecule has 0 spiro atoms. The molecular weight excluding hydrogens is 234 g/mol. The predicted octanol–water partition coefficient (Wildman–Crippen LogP) is 2.72. The Morgan fingerprint density at radius 1 is 1.00 bits per heavy atom. The van der Waals surface area contributed by atoms with Gasteiger partial charge >= 0.3 is 0 Å². The highest BCUT2D eigenvalue weighted by Gasteiger charge is 2.18. The third kappa shape index (κ3) is 3.87. The van der Waals surface area contributed by atoms with Gasteiger partial charge in [-0.1, -0.05) is 25.0 Å². The van der Waals surface area contributed by atoms with Crippen LogP contribution in [0.3, 0.4) is 0 Å². The molecule has 1 aliphatic rings. The monoisotopic (exact) mass is 261 g/mol. The zero-order chi connectivity index (χ0) is 13.5. The van der Waals surface area contributed by atoms with Crippen molar-refractivity contribution in [2.45, 2.75) is 25.7 Å². The van der Waals surface area contributed by atoms with E-state index in [-0.39, 0.29) is 0 Å². The Labute approximate surface area is 117 Å². The number of para-hydroxylation sites is 2. The molecule has 0 saturated heterocycles. The molecule has 1 aromatic rings. The van der Waals surface area contributed by atoms with Crippen molar-refractivity contribution in [2.24, 2.45) is 0 Å². The van der Waals surface area contributed by atoms with Crippen LogP contribution >= 0.6 is 0 Å². The minimum absolute atomic E-state index is 1.14. The lowest BCUT2D eigenvalue weighted by molar-refractivity contribution is 0.602. The molecule has 3 nitrogen and oxygen atoms in total. The molecule has 1 heterocycles. The van der Waals surface area contributed by atoms with Crippen molar-refractivity contribution < 1.29 is 0 Å². The normalized spacial score (nSPS) is 14.6. The SMILES string of the molecule is CNCCCCCCN1CCN(C)c2ccccc21. The van der Waals surface area contributed by atoms with Gasteiger partial charge in [-0.15, -0.1) is 0 Å². The van der Waals surface area contributed by atoms with Crippen LogP contribution in [-0.2, 0) is 0 Å². The number of unbranched alkanes of at least 4 members (excludes halogenated alkanes) is 3. The zero-order valence-corrected chi connectivity index (χ0v) is 12.4. The molecule has 1 aromatic carbocycles. The second-order valence-electron chi connectivity index (χ2n) is 5.42. The number of fused-ring (bicyclic) bond motifs is 1. The van der Waals surface area contributed by atoms with Crippen molar-refractivity contribution >= 4 is 11.4 Å². The molecule has 19 heavy (non-hydrogen) atoms. The second-order valence-corrected chi connectivity index (χ2v) is 5.42. The molecule has 3 heteroatoms. The molecule has 0 atom stereocenters. The maximum atomic E-state index is 3.21. The van der Waals surface area contributed by atoms with Crippen molar-refractivity contribution in [1.82, 2.24) is 5.32 Å². The topological polar surface area (TPSA) is 18.5 Å². The molecule has 0 aliphatic carbocycles. The summed E-state index contributed by atoms with van der Waals surface area (Å²) < 4.78 is 0. The summed E-state index contributed by atoms with van der Waals surface area (Å²) >= 11 is 0. The first-order chi connectivity index (χ1) is 9.33. The van der Waals surface area contributed by atoms with Gasteiger partial charge in [0.05, 0.1) is 11.4 Å². The largest absolute Gasteiger partial charge is 0.371 e. The summed E-state index contributed by atoms with van der Waals surface area (Å²) in [5, 5.41) is 3.21. The number of hydrogen-bond donors (Lipinski definition) is 1. The van der Waals surface area contributed by atoms with E-state index >= 15 is 0 Å². The van der Waals surface area contributed by atoms with Crippen LogP contribution in [0, 0.1) is 0 Å². The minimum Gasteiger partial charge on any atom is -0.371 e. The van der Waals surface area contributed by atoms with Crippen LogP contribution < -0.4 is 15.1 Å². The van der Waals surface area contributed by atoms with Crippen LogP contribution in [0.5, 0.6) is 0 Å². The van der Waals surface area contributed by atoms with E-state index < -0.39 is 0 Å². The van der Waals surface area contributed by atoms with E-state index in [1.807, 2.05) is 7.05 Å². The maximum Gasteiger partial charge on any atom is 0.0604 e. The Kier molecular flexibility index (Phi) is 5.52. The summed E-state index contributed by atoms with van der Waals surface area (Å²) in [5.41, 5.74) is 2.79. The molecule has 0 unspecified atom stereocenters. The van der Waals surface area contributed by atoms with Gasteiger partial charge in [-0.25, -0.2) is 0 Å². The molecule has 0 saturated carbocycles. The first kappa shape index (κ1) is 14.2. The number of likely N-dealkylation sites (N-methyl/N-ethyl adjacent to an activating group) is 1. The summed E-state index contributed by atoms with van der Waals surface area (Å²) in [7, 11) is 4.22. The van der Waals surface area contributed by atoms with Gasteiger partial charge in [0, 0.05) is 26.7 Å². The van der Waals surface area contributed by atoms with Crippen LogP contribution in [0.1, 0.15) is 25.7 Å². The quantitative estimate of drug-likeness (QED) is 0.761. The summed E-state index contributed by atoms with van der Waals surface area (Å²) in [5.74, 6) is 0. The highest BCUT2D eigenvalue weighted by molar-refractivity contribution is 5.72. The molecule has 0 fully saturated rings. The van der Waals surface area contributed by atoms with E-state index in [0.29, 0.717) is 0 Å². The summed E-state index contributed by atoms with van der Waals surface area (Å²) in [6, 6.07) is 8.77. The number of nitrogens with one attached hydrogen (secondary N) is 1. The summed E-state index contributed by atoms with van der Waals surface area (Å²) in [6.45, 7) is 4.64. The smallest absolute Gasteiger partial charge is 0.0604 e. The Bertz CT molecular complexity index is 378. The fraction of sp³-hybridized carbons (Fsp3) is 0.625. The van der Waals surface area contributed by atoms with E-state index in [1.54, 1.807) is 0 Å². The number of anilines is 2. The van der Waals surface area contributed by atoms with Gasteiger partial charge in [0.2, 0.25) is 0 Å². The average Bonchev–Trinajstić information content (AvgIpc) is 2.45. The van der Waals surface area contributed by atoms with Gasteiger partial charge in [-0.2, -0.15) is 0 Å². The van der Waals surface area contributed by atoms with Gasteiger partial charge < -0.3 is 15.1 Å². The van der Waals surface area contributed by atoms with Crippen LogP contribution in [0.15, 0.2) is 24.3 Å². The third-order valence-corrected chi connectivity index (χ3v) is 3.94. The third-order valence-electron chi connectivity index (χ3n) is 3.94. The first-order valence-corrected chi connectivity index (χ1v) is 7.52. The van der Waals surface area contributed by atoms with Crippen LogP contribution in [-0.4, -0.2) is 40.3 Å².